The third kappa shape index (κ3) is 4.18. The van der Waals surface area contributed by atoms with Gasteiger partial charge in [-0.25, -0.2) is 0 Å². The molecule has 1 aliphatic heterocycles. The number of ether oxygens (including phenoxy) is 1. The van der Waals surface area contributed by atoms with Gasteiger partial charge in [-0.1, -0.05) is 17.7 Å². The van der Waals surface area contributed by atoms with E-state index in [1.807, 2.05) is 13.0 Å². The molecule has 2 aromatic carbocycles. The van der Waals surface area contributed by atoms with Crippen LogP contribution in [0.1, 0.15) is 26.3 Å². The second kappa shape index (κ2) is 7.68. The predicted molar refractivity (Wildman–Crippen MR) is 97.3 cm³/mol. The number of carbonyl (C=O) groups is 2. The van der Waals surface area contributed by atoms with Gasteiger partial charge in [-0.3, -0.25) is 9.59 Å². The Morgan fingerprint density at radius 3 is 2.36 bits per heavy atom. The van der Waals surface area contributed by atoms with E-state index in [1.54, 1.807) is 41.3 Å². The summed E-state index contributed by atoms with van der Waals surface area (Å²) in [5, 5.41) is 3.41. The Kier molecular flexibility index (Phi) is 5.36. The van der Waals surface area contributed by atoms with Crippen LogP contribution in [-0.2, 0) is 4.74 Å². The lowest BCUT2D eigenvalue weighted by Gasteiger charge is -2.26. The number of amides is 2. The van der Waals surface area contributed by atoms with Crippen LogP contribution in [0.15, 0.2) is 42.5 Å². The molecule has 1 saturated heterocycles. The third-order valence-electron chi connectivity index (χ3n) is 4.14. The number of halogens is 1. The van der Waals surface area contributed by atoms with Crippen LogP contribution in [0, 0.1) is 6.92 Å². The first-order chi connectivity index (χ1) is 12.0. The lowest BCUT2D eigenvalue weighted by atomic mass is 10.1. The van der Waals surface area contributed by atoms with Gasteiger partial charge in [0, 0.05) is 34.9 Å². The molecule has 130 valence electrons. The number of benzene rings is 2. The molecule has 2 amide bonds. The fourth-order valence-corrected chi connectivity index (χ4v) is 2.81. The lowest BCUT2D eigenvalue weighted by molar-refractivity contribution is 0.0303. The quantitative estimate of drug-likeness (QED) is 0.915. The highest BCUT2D eigenvalue weighted by Crippen LogP contribution is 2.21. The zero-order valence-electron chi connectivity index (χ0n) is 13.9. The summed E-state index contributed by atoms with van der Waals surface area (Å²) in [6.07, 6.45) is 0. The van der Waals surface area contributed by atoms with Crippen molar-refractivity contribution in [1.29, 1.82) is 0 Å². The number of nitrogens with one attached hydrogen (secondary N) is 1. The normalized spacial score (nSPS) is 14.2. The van der Waals surface area contributed by atoms with Gasteiger partial charge in [-0.05, 0) is 48.9 Å². The first-order valence-electron chi connectivity index (χ1n) is 8.09. The van der Waals surface area contributed by atoms with Gasteiger partial charge in [0.1, 0.15) is 0 Å². The molecular weight excluding hydrogens is 340 g/mol. The molecule has 1 fully saturated rings. The standard InChI is InChI=1S/C19H19ClN2O3/c1-13-2-7-16(20)12-17(13)21-18(23)14-3-5-15(6-4-14)19(24)22-8-10-25-11-9-22/h2-7,12H,8-11H2,1H3,(H,21,23). The van der Waals surface area contributed by atoms with Crippen molar-refractivity contribution in [3.63, 3.8) is 0 Å². The summed E-state index contributed by atoms with van der Waals surface area (Å²) < 4.78 is 5.25. The van der Waals surface area contributed by atoms with Crippen molar-refractivity contribution in [2.45, 2.75) is 6.92 Å². The van der Waals surface area contributed by atoms with Gasteiger partial charge in [0.25, 0.3) is 11.8 Å². The van der Waals surface area contributed by atoms with Crippen molar-refractivity contribution in [3.8, 4) is 0 Å². The number of rotatable bonds is 3. The van der Waals surface area contributed by atoms with Crippen LogP contribution in [-0.4, -0.2) is 43.0 Å². The van der Waals surface area contributed by atoms with Crippen LogP contribution in [0.2, 0.25) is 5.02 Å². The molecule has 3 rings (SSSR count). The molecule has 0 aromatic heterocycles. The fraction of sp³-hybridized carbons (Fsp3) is 0.263. The summed E-state index contributed by atoms with van der Waals surface area (Å²) in [6.45, 7) is 4.21. The highest BCUT2D eigenvalue weighted by Gasteiger charge is 2.18. The topological polar surface area (TPSA) is 58.6 Å². The Labute approximate surface area is 151 Å². The maximum atomic E-state index is 12.4. The van der Waals surface area contributed by atoms with Crippen LogP contribution < -0.4 is 5.32 Å². The molecular formula is C19H19ClN2O3. The molecule has 0 unspecified atom stereocenters. The molecule has 0 aliphatic carbocycles. The van der Waals surface area contributed by atoms with Crippen molar-refractivity contribution in [2.75, 3.05) is 31.6 Å². The zero-order chi connectivity index (χ0) is 17.8. The third-order valence-corrected chi connectivity index (χ3v) is 4.38. The van der Waals surface area contributed by atoms with Crippen molar-refractivity contribution < 1.29 is 14.3 Å². The van der Waals surface area contributed by atoms with E-state index in [-0.39, 0.29) is 11.8 Å². The van der Waals surface area contributed by atoms with Crippen molar-refractivity contribution in [3.05, 3.63) is 64.2 Å². The Morgan fingerprint density at radius 1 is 1.04 bits per heavy atom. The maximum Gasteiger partial charge on any atom is 0.255 e. The minimum absolute atomic E-state index is 0.0408. The number of carbonyl (C=O) groups excluding carboxylic acids is 2. The molecule has 0 spiro atoms. The Balaban J connectivity index is 1.70. The van der Waals surface area contributed by atoms with Gasteiger partial charge >= 0.3 is 0 Å². The smallest absolute Gasteiger partial charge is 0.255 e. The number of anilines is 1. The van der Waals surface area contributed by atoms with Crippen molar-refractivity contribution in [2.24, 2.45) is 0 Å². The summed E-state index contributed by atoms with van der Waals surface area (Å²) in [7, 11) is 0. The summed E-state index contributed by atoms with van der Waals surface area (Å²) in [5.74, 6) is -0.281. The van der Waals surface area contributed by atoms with Gasteiger partial charge in [0.2, 0.25) is 0 Å². The molecule has 5 nitrogen and oxygen atoms in total. The highest BCUT2D eigenvalue weighted by atomic mass is 35.5. The Hall–Kier alpha value is -2.37. The molecule has 0 saturated carbocycles. The molecule has 1 N–H and O–H groups in total. The number of hydrogen-bond donors (Lipinski definition) is 1. The van der Waals surface area contributed by atoms with E-state index in [0.717, 1.165) is 5.56 Å². The van der Waals surface area contributed by atoms with Gasteiger partial charge in [-0.15, -0.1) is 0 Å². The average molecular weight is 359 g/mol. The largest absolute Gasteiger partial charge is 0.378 e. The first kappa shape index (κ1) is 17.5. The molecule has 0 bridgehead atoms. The monoisotopic (exact) mass is 358 g/mol. The molecule has 2 aromatic rings. The number of nitrogens with zero attached hydrogens (tertiary/aromatic N) is 1. The zero-order valence-corrected chi connectivity index (χ0v) is 14.7. The van der Waals surface area contributed by atoms with Crippen LogP contribution >= 0.6 is 11.6 Å². The minimum atomic E-state index is -0.240. The lowest BCUT2D eigenvalue weighted by Crippen LogP contribution is -2.40. The maximum absolute atomic E-state index is 12.4. The summed E-state index contributed by atoms with van der Waals surface area (Å²) in [5.41, 5.74) is 2.65. The average Bonchev–Trinajstić information content (AvgIpc) is 2.65. The number of aryl methyl sites for hydroxylation is 1. The number of morpholine rings is 1. The predicted octanol–water partition coefficient (Wildman–Crippen LogP) is 3.37. The van der Waals surface area contributed by atoms with Crippen molar-refractivity contribution >= 4 is 29.1 Å². The SMILES string of the molecule is Cc1ccc(Cl)cc1NC(=O)c1ccc(C(=O)N2CCOCC2)cc1. The van der Waals surface area contributed by atoms with Gasteiger partial charge in [-0.2, -0.15) is 0 Å². The van der Waals surface area contributed by atoms with E-state index in [2.05, 4.69) is 5.32 Å². The highest BCUT2D eigenvalue weighted by molar-refractivity contribution is 6.31. The van der Waals surface area contributed by atoms with Crippen LogP contribution in [0.5, 0.6) is 0 Å². The van der Waals surface area contributed by atoms with E-state index in [0.29, 0.717) is 48.1 Å². The second-order valence-electron chi connectivity index (χ2n) is 5.90. The first-order valence-corrected chi connectivity index (χ1v) is 8.47. The van der Waals surface area contributed by atoms with Crippen LogP contribution in [0.25, 0.3) is 0 Å². The Morgan fingerprint density at radius 2 is 1.68 bits per heavy atom. The Bertz CT molecular complexity index is 784. The summed E-state index contributed by atoms with van der Waals surface area (Å²) in [6, 6.07) is 12.0. The molecule has 0 radical (unpaired) electrons. The van der Waals surface area contributed by atoms with Gasteiger partial charge in [0.05, 0.1) is 13.2 Å². The number of hydrogen-bond acceptors (Lipinski definition) is 3. The molecule has 25 heavy (non-hydrogen) atoms. The van der Waals surface area contributed by atoms with E-state index in [1.165, 1.54) is 0 Å². The van der Waals surface area contributed by atoms with E-state index < -0.39 is 0 Å². The van der Waals surface area contributed by atoms with E-state index in [9.17, 15) is 9.59 Å². The van der Waals surface area contributed by atoms with Crippen LogP contribution in [0.4, 0.5) is 5.69 Å². The minimum Gasteiger partial charge on any atom is -0.378 e. The van der Waals surface area contributed by atoms with E-state index >= 15 is 0 Å². The molecule has 6 heteroatoms. The fourth-order valence-electron chi connectivity index (χ4n) is 2.64. The molecule has 0 atom stereocenters. The van der Waals surface area contributed by atoms with Gasteiger partial charge < -0.3 is 15.0 Å². The summed E-state index contributed by atoms with van der Waals surface area (Å²) in [4.78, 5) is 26.6. The summed E-state index contributed by atoms with van der Waals surface area (Å²) >= 11 is 5.97. The molecule has 1 aliphatic rings. The van der Waals surface area contributed by atoms with E-state index in [4.69, 9.17) is 16.3 Å². The van der Waals surface area contributed by atoms with Gasteiger partial charge in [0.15, 0.2) is 0 Å². The second-order valence-corrected chi connectivity index (χ2v) is 6.33. The van der Waals surface area contributed by atoms with Crippen LogP contribution in [0.3, 0.4) is 0 Å². The van der Waals surface area contributed by atoms with Crippen molar-refractivity contribution in [1.82, 2.24) is 4.90 Å². The molecule has 1 heterocycles.